The molecule has 1 fully saturated rings. The Morgan fingerprint density at radius 2 is 0.651 bits per heavy atom. The fourth-order valence-electron chi connectivity index (χ4n) is 12.7. The van der Waals surface area contributed by atoms with E-state index in [2.05, 4.69) is 31.3 Å². The average Bonchev–Trinajstić information content (AvgIpc) is 2.44. The lowest BCUT2D eigenvalue weighted by molar-refractivity contribution is -0.302. The molecule has 510 valence electrons. The summed E-state index contributed by atoms with van der Waals surface area (Å²) in [6.07, 6.45) is 81.8. The Morgan fingerprint density at radius 3 is 0.942 bits per heavy atom. The van der Waals surface area contributed by atoms with Crippen molar-refractivity contribution in [2.45, 2.75) is 448 Å². The molecule has 9 nitrogen and oxygen atoms in total. The van der Waals surface area contributed by atoms with Crippen LogP contribution in [0.1, 0.15) is 406 Å². The second kappa shape index (κ2) is 66.6. The van der Waals surface area contributed by atoms with Gasteiger partial charge in [0.1, 0.15) is 24.4 Å². The maximum absolute atomic E-state index is 13.2. The van der Waals surface area contributed by atoms with Crippen LogP contribution in [0.25, 0.3) is 0 Å². The molecule has 86 heavy (non-hydrogen) atoms. The predicted octanol–water partition coefficient (Wildman–Crippen LogP) is 21.6. The third kappa shape index (κ3) is 54.4. The topological polar surface area (TPSA) is 149 Å². The summed E-state index contributed by atoms with van der Waals surface area (Å²) in [5.74, 6) is -0.167. The number of aliphatic hydroxyl groups excluding tert-OH is 5. The molecule has 0 aromatic rings. The number of unbranched alkanes of at least 4 members (excludes halogenated alkanes) is 57. The minimum atomic E-state index is -1.57. The molecule has 0 saturated carbocycles. The zero-order valence-electron chi connectivity index (χ0n) is 57.4. The van der Waals surface area contributed by atoms with Gasteiger partial charge in [0.05, 0.1) is 25.4 Å². The van der Waals surface area contributed by atoms with Crippen molar-refractivity contribution in [1.29, 1.82) is 0 Å². The highest BCUT2D eigenvalue weighted by Gasteiger charge is 2.44. The Hall–Kier alpha value is -1.33. The van der Waals surface area contributed by atoms with E-state index in [4.69, 9.17) is 9.47 Å². The van der Waals surface area contributed by atoms with Crippen LogP contribution in [0, 0.1) is 0 Å². The highest BCUT2D eigenvalue weighted by atomic mass is 16.7. The first-order valence-electron chi connectivity index (χ1n) is 38.6. The van der Waals surface area contributed by atoms with Gasteiger partial charge >= 0.3 is 0 Å². The first-order valence-corrected chi connectivity index (χ1v) is 38.6. The van der Waals surface area contributed by atoms with Gasteiger partial charge in [-0.25, -0.2) is 0 Å². The molecular formula is C77H149NO8. The van der Waals surface area contributed by atoms with Crippen LogP contribution in [-0.2, 0) is 14.3 Å². The molecule has 1 amide bonds. The van der Waals surface area contributed by atoms with Crippen LogP contribution in [0.4, 0.5) is 0 Å². The Morgan fingerprint density at radius 1 is 0.384 bits per heavy atom. The molecule has 0 radical (unpaired) electrons. The van der Waals surface area contributed by atoms with Crippen molar-refractivity contribution in [2.75, 3.05) is 13.2 Å². The van der Waals surface area contributed by atoms with Crippen LogP contribution in [0.15, 0.2) is 24.3 Å². The second-order valence-corrected chi connectivity index (χ2v) is 27.2. The Balaban J connectivity index is 2.06. The lowest BCUT2D eigenvalue weighted by Gasteiger charge is -2.40. The maximum Gasteiger partial charge on any atom is 0.220 e. The molecule has 0 aliphatic carbocycles. The molecule has 0 aromatic heterocycles. The van der Waals surface area contributed by atoms with Crippen LogP contribution >= 0.6 is 0 Å². The van der Waals surface area contributed by atoms with Crippen LogP contribution in [0.2, 0.25) is 0 Å². The zero-order valence-corrected chi connectivity index (χ0v) is 57.4. The van der Waals surface area contributed by atoms with E-state index < -0.39 is 49.5 Å². The van der Waals surface area contributed by atoms with Crippen LogP contribution in [0.5, 0.6) is 0 Å². The van der Waals surface area contributed by atoms with Gasteiger partial charge < -0.3 is 40.3 Å². The number of aliphatic hydroxyl groups is 5. The SMILES string of the molecule is CCCCCCCCCC/C=C\CCCCCCCCCCCCCCCCCCCCCCCCCCCC(=O)NC(COC1OC(CO)C(O)C(O)C1O)C(O)/C=C/CCCCCCCCCCCCCCCCCCCCCCCCCC. The van der Waals surface area contributed by atoms with Gasteiger partial charge in [0.25, 0.3) is 0 Å². The van der Waals surface area contributed by atoms with Crippen LogP contribution < -0.4 is 5.32 Å². The van der Waals surface area contributed by atoms with E-state index >= 15 is 0 Å². The molecule has 1 aliphatic rings. The molecule has 1 aliphatic heterocycles. The standard InChI is InChI=1S/C77H149NO8/c1-3-5-7-9-11-13-15-17-19-21-23-25-27-29-31-32-33-34-35-36-37-38-39-40-41-43-45-47-49-51-53-55-57-59-61-63-65-67-73(81)78-70(69-85-77-76(84)75(83)74(82)72(68-79)86-77)71(80)66-64-62-60-58-56-54-52-50-48-46-44-42-30-28-26-24-22-20-18-16-14-12-10-8-6-4-2/h21,23,64,66,70-72,74-77,79-80,82-84H,3-20,22,24-63,65,67-69H2,1-2H3,(H,78,81)/b23-21-,66-64+. The van der Waals surface area contributed by atoms with Gasteiger partial charge in [-0.15, -0.1) is 0 Å². The lowest BCUT2D eigenvalue weighted by Crippen LogP contribution is -2.60. The van der Waals surface area contributed by atoms with Crippen molar-refractivity contribution in [2.24, 2.45) is 0 Å². The summed E-state index contributed by atoms with van der Waals surface area (Å²) in [5, 5.41) is 54.9. The normalized spacial score (nSPS) is 18.1. The first-order chi connectivity index (χ1) is 42.3. The summed E-state index contributed by atoms with van der Waals surface area (Å²) in [4.78, 5) is 13.2. The molecule has 7 atom stereocenters. The third-order valence-electron chi connectivity index (χ3n) is 18.8. The second-order valence-electron chi connectivity index (χ2n) is 27.2. The molecule has 0 bridgehead atoms. The van der Waals surface area contributed by atoms with Gasteiger partial charge in [0.15, 0.2) is 6.29 Å². The summed E-state index contributed by atoms with van der Waals surface area (Å²) < 4.78 is 11.3. The molecule has 0 aromatic carbocycles. The fraction of sp³-hybridized carbons (Fsp3) is 0.935. The van der Waals surface area contributed by atoms with Crippen molar-refractivity contribution in [3.63, 3.8) is 0 Å². The molecule has 1 rings (SSSR count). The van der Waals surface area contributed by atoms with Gasteiger partial charge in [0.2, 0.25) is 5.91 Å². The summed E-state index contributed by atoms with van der Waals surface area (Å²) in [5.41, 5.74) is 0. The molecule has 1 heterocycles. The zero-order chi connectivity index (χ0) is 62.1. The quantitative estimate of drug-likeness (QED) is 0.0261. The molecule has 9 heteroatoms. The number of rotatable bonds is 69. The van der Waals surface area contributed by atoms with E-state index in [1.165, 1.54) is 347 Å². The van der Waals surface area contributed by atoms with E-state index in [1.807, 2.05) is 6.08 Å². The number of carbonyl (C=O) groups is 1. The molecular weight excluding hydrogens is 1070 g/mol. The van der Waals surface area contributed by atoms with E-state index in [0.717, 1.165) is 38.5 Å². The molecule has 6 N–H and O–H groups in total. The predicted molar refractivity (Wildman–Crippen MR) is 369 cm³/mol. The van der Waals surface area contributed by atoms with E-state index in [0.29, 0.717) is 6.42 Å². The van der Waals surface area contributed by atoms with Crippen LogP contribution in [-0.4, -0.2) is 87.5 Å². The van der Waals surface area contributed by atoms with Gasteiger partial charge in [-0.3, -0.25) is 4.79 Å². The van der Waals surface area contributed by atoms with Gasteiger partial charge in [0, 0.05) is 6.42 Å². The van der Waals surface area contributed by atoms with Crippen molar-refractivity contribution < 1.29 is 39.8 Å². The van der Waals surface area contributed by atoms with Crippen molar-refractivity contribution in [3.8, 4) is 0 Å². The van der Waals surface area contributed by atoms with Gasteiger partial charge in [-0.1, -0.05) is 378 Å². The Kier molecular flexibility index (Phi) is 64.0. The number of carbonyl (C=O) groups excluding carboxylic acids is 1. The van der Waals surface area contributed by atoms with E-state index in [-0.39, 0.29) is 12.5 Å². The smallest absolute Gasteiger partial charge is 0.220 e. The average molecular weight is 1220 g/mol. The number of nitrogens with one attached hydrogen (secondary N) is 1. The largest absolute Gasteiger partial charge is 0.394 e. The van der Waals surface area contributed by atoms with Crippen LogP contribution in [0.3, 0.4) is 0 Å². The number of amides is 1. The minimum absolute atomic E-state index is 0.167. The summed E-state index contributed by atoms with van der Waals surface area (Å²) >= 11 is 0. The Bertz CT molecular complexity index is 1410. The van der Waals surface area contributed by atoms with E-state index in [9.17, 15) is 30.3 Å². The highest BCUT2D eigenvalue weighted by Crippen LogP contribution is 2.24. The fourth-order valence-corrected chi connectivity index (χ4v) is 12.7. The molecule has 7 unspecified atom stereocenters. The summed E-state index contributed by atoms with van der Waals surface area (Å²) in [7, 11) is 0. The Labute approximate surface area is 534 Å². The number of hydrogen-bond acceptors (Lipinski definition) is 8. The number of allylic oxidation sites excluding steroid dienone is 3. The lowest BCUT2D eigenvalue weighted by atomic mass is 9.99. The minimum Gasteiger partial charge on any atom is -0.394 e. The molecule has 0 spiro atoms. The molecule has 1 saturated heterocycles. The van der Waals surface area contributed by atoms with Crippen molar-refractivity contribution in [3.05, 3.63) is 24.3 Å². The summed E-state index contributed by atoms with van der Waals surface area (Å²) in [6, 6.07) is -0.804. The maximum atomic E-state index is 13.2. The van der Waals surface area contributed by atoms with Crippen molar-refractivity contribution >= 4 is 5.91 Å². The van der Waals surface area contributed by atoms with Gasteiger partial charge in [-0.2, -0.15) is 0 Å². The summed E-state index contributed by atoms with van der Waals surface area (Å²) in [6.45, 7) is 3.85. The van der Waals surface area contributed by atoms with Gasteiger partial charge in [-0.05, 0) is 44.9 Å². The first kappa shape index (κ1) is 82.7. The van der Waals surface area contributed by atoms with E-state index in [1.54, 1.807) is 6.08 Å². The van der Waals surface area contributed by atoms with Crippen molar-refractivity contribution in [1.82, 2.24) is 5.32 Å². The number of hydrogen-bond donors (Lipinski definition) is 6. The monoisotopic (exact) mass is 1220 g/mol. The third-order valence-corrected chi connectivity index (χ3v) is 18.8. The number of ether oxygens (including phenoxy) is 2. The highest BCUT2D eigenvalue weighted by molar-refractivity contribution is 5.76.